The summed E-state index contributed by atoms with van der Waals surface area (Å²) in [4.78, 5) is 17.0. The van der Waals surface area contributed by atoms with Crippen LogP contribution in [0.25, 0.3) is 16.7 Å². The minimum Gasteiger partial charge on any atom is -0.493 e. The SMILES string of the molecule is Cc1cc(NC(=O)CCOc2ccccc2)n(-c2ccc3ccccc3n2)n1. The number of fused-ring (bicyclic) bond motifs is 1. The first-order chi connectivity index (χ1) is 13.7. The lowest BCUT2D eigenvalue weighted by molar-refractivity contribution is -0.116. The topological polar surface area (TPSA) is 69.0 Å². The van der Waals surface area contributed by atoms with Gasteiger partial charge in [-0.3, -0.25) is 4.79 Å². The monoisotopic (exact) mass is 372 g/mol. The first-order valence-corrected chi connectivity index (χ1v) is 9.09. The molecule has 0 radical (unpaired) electrons. The van der Waals surface area contributed by atoms with Crippen LogP contribution in [-0.4, -0.2) is 27.3 Å². The molecule has 0 unspecified atom stereocenters. The third-order valence-electron chi connectivity index (χ3n) is 4.24. The lowest BCUT2D eigenvalue weighted by Gasteiger charge is -2.10. The van der Waals surface area contributed by atoms with Gasteiger partial charge in [0.1, 0.15) is 11.6 Å². The fourth-order valence-electron chi connectivity index (χ4n) is 2.92. The Bertz CT molecular complexity index is 1110. The molecule has 0 aliphatic rings. The zero-order valence-electron chi connectivity index (χ0n) is 15.5. The number of aromatic nitrogens is 3. The molecule has 2 aromatic carbocycles. The fourth-order valence-corrected chi connectivity index (χ4v) is 2.92. The number of rotatable bonds is 6. The normalized spacial score (nSPS) is 10.8. The number of anilines is 1. The second-order valence-corrected chi connectivity index (χ2v) is 6.40. The first-order valence-electron chi connectivity index (χ1n) is 9.09. The van der Waals surface area contributed by atoms with Crippen molar-refractivity contribution in [3.05, 3.63) is 78.5 Å². The van der Waals surface area contributed by atoms with E-state index in [1.807, 2.05) is 79.7 Å². The summed E-state index contributed by atoms with van der Waals surface area (Å²) < 4.78 is 7.24. The molecule has 4 rings (SSSR count). The standard InChI is InChI=1S/C22H20N4O2/c1-16-15-21(24-22(27)13-14-28-18-8-3-2-4-9-18)26(25-16)20-12-11-17-7-5-6-10-19(17)23-20/h2-12,15H,13-14H2,1H3,(H,24,27). The maximum Gasteiger partial charge on any atom is 0.228 e. The lowest BCUT2D eigenvalue weighted by Crippen LogP contribution is -2.17. The number of amides is 1. The number of hydrogen-bond acceptors (Lipinski definition) is 4. The molecule has 4 aromatic rings. The number of carbonyl (C=O) groups excluding carboxylic acids is 1. The van der Waals surface area contributed by atoms with Gasteiger partial charge in [-0.1, -0.05) is 36.4 Å². The van der Waals surface area contributed by atoms with Crippen LogP contribution < -0.4 is 10.1 Å². The Hall–Kier alpha value is -3.67. The van der Waals surface area contributed by atoms with Crippen molar-refractivity contribution in [2.24, 2.45) is 0 Å². The van der Waals surface area contributed by atoms with E-state index in [1.165, 1.54) is 0 Å². The molecule has 6 heteroatoms. The van der Waals surface area contributed by atoms with Gasteiger partial charge in [0, 0.05) is 11.5 Å². The first kappa shape index (κ1) is 17.7. The maximum absolute atomic E-state index is 12.4. The summed E-state index contributed by atoms with van der Waals surface area (Å²) in [5, 5.41) is 8.44. The van der Waals surface area contributed by atoms with E-state index in [4.69, 9.17) is 4.74 Å². The summed E-state index contributed by atoms with van der Waals surface area (Å²) in [6, 6.07) is 23.0. The van der Waals surface area contributed by atoms with Crippen LogP contribution in [0.2, 0.25) is 0 Å². The summed E-state index contributed by atoms with van der Waals surface area (Å²) in [6.45, 7) is 2.18. The van der Waals surface area contributed by atoms with E-state index >= 15 is 0 Å². The average Bonchev–Trinajstić information content (AvgIpc) is 3.08. The fraction of sp³-hybridized carbons (Fsp3) is 0.136. The van der Waals surface area contributed by atoms with Crippen LogP contribution in [0.5, 0.6) is 5.75 Å². The number of carbonyl (C=O) groups is 1. The number of aryl methyl sites for hydroxylation is 1. The van der Waals surface area contributed by atoms with Crippen LogP contribution in [-0.2, 0) is 4.79 Å². The number of nitrogens with one attached hydrogen (secondary N) is 1. The Morgan fingerprint density at radius 3 is 2.68 bits per heavy atom. The second kappa shape index (κ2) is 7.92. The molecule has 0 fully saturated rings. The smallest absolute Gasteiger partial charge is 0.228 e. The molecule has 28 heavy (non-hydrogen) atoms. The molecule has 140 valence electrons. The third kappa shape index (κ3) is 4.01. The van der Waals surface area contributed by atoms with Crippen LogP contribution >= 0.6 is 0 Å². The van der Waals surface area contributed by atoms with Gasteiger partial charge in [-0.05, 0) is 37.3 Å². The van der Waals surface area contributed by atoms with E-state index in [-0.39, 0.29) is 12.3 Å². The van der Waals surface area contributed by atoms with Crippen molar-refractivity contribution >= 4 is 22.6 Å². The van der Waals surface area contributed by atoms with Crippen molar-refractivity contribution in [2.45, 2.75) is 13.3 Å². The third-order valence-corrected chi connectivity index (χ3v) is 4.24. The number of para-hydroxylation sites is 2. The van der Waals surface area contributed by atoms with Crippen LogP contribution in [0.4, 0.5) is 5.82 Å². The van der Waals surface area contributed by atoms with Crippen LogP contribution in [0, 0.1) is 6.92 Å². The van der Waals surface area contributed by atoms with E-state index < -0.39 is 0 Å². The molecule has 0 aliphatic carbocycles. The van der Waals surface area contributed by atoms with E-state index in [9.17, 15) is 4.79 Å². The molecule has 6 nitrogen and oxygen atoms in total. The van der Waals surface area contributed by atoms with Crippen LogP contribution in [0.3, 0.4) is 0 Å². The van der Waals surface area contributed by atoms with Gasteiger partial charge in [0.25, 0.3) is 0 Å². The van der Waals surface area contributed by atoms with Crippen LogP contribution in [0.1, 0.15) is 12.1 Å². The Morgan fingerprint density at radius 2 is 1.82 bits per heavy atom. The quantitative estimate of drug-likeness (QED) is 0.552. The van der Waals surface area contributed by atoms with Crippen LogP contribution in [0.15, 0.2) is 72.8 Å². The van der Waals surface area contributed by atoms with E-state index in [0.29, 0.717) is 18.2 Å². The molecule has 0 saturated carbocycles. The number of ether oxygens (including phenoxy) is 1. The largest absolute Gasteiger partial charge is 0.493 e. The summed E-state index contributed by atoms with van der Waals surface area (Å²) in [5.41, 5.74) is 1.67. The summed E-state index contributed by atoms with van der Waals surface area (Å²) >= 11 is 0. The highest BCUT2D eigenvalue weighted by molar-refractivity contribution is 5.90. The second-order valence-electron chi connectivity index (χ2n) is 6.40. The molecule has 1 amide bonds. The van der Waals surface area contributed by atoms with Crippen molar-refractivity contribution in [3.8, 4) is 11.6 Å². The summed E-state index contributed by atoms with van der Waals surface area (Å²) in [7, 11) is 0. The van der Waals surface area contributed by atoms with Gasteiger partial charge in [0.05, 0.1) is 24.2 Å². The molecule has 0 atom stereocenters. The lowest BCUT2D eigenvalue weighted by atomic mass is 10.2. The number of nitrogens with zero attached hydrogens (tertiary/aromatic N) is 3. The highest BCUT2D eigenvalue weighted by Gasteiger charge is 2.12. The highest BCUT2D eigenvalue weighted by Crippen LogP contribution is 2.19. The minimum atomic E-state index is -0.141. The predicted octanol–water partition coefficient (Wildman–Crippen LogP) is 4.14. The molecular formula is C22H20N4O2. The Balaban J connectivity index is 1.47. The van der Waals surface area contributed by atoms with E-state index in [1.54, 1.807) is 4.68 Å². The van der Waals surface area contributed by atoms with Crippen molar-refractivity contribution in [3.63, 3.8) is 0 Å². The molecule has 2 heterocycles. The van der Waals surface area contributed by atoms with Crippen molar-refractivity contribution in [1.82, 2.24) is 14.8 Å². The Kier molecular flexibility index (Phi) is 5.01. The van der Waals surface area contributed by atoms with E-state index in [2.05, 4.69) is 15.4 Å². The van der Waals surface area contributed by atoms with Crippen molar-refractivity contribution in [1.29, 1.82) is 0 Å². The molecule has 0 spiro atoms. The molecule has 0 saturated heterocycles. The van der Waals surface area contributed by atoms with Gasteiger partial charge < -0.3 is 10.1 Å². The molecular weight excluding hydrogens is 352 g/mol. The number of benzene rings is 2. The van der Waals surface area contributed by atoms with Crippen molar-refractivity contribution in [2.75, 3.05) is 11.9 Å². The zero-order valence-corrected chi connectivity index (χ0v) is 15.5. The zero-order chi connectivity index (χ0) is 19.3. The minimum absolute atomic E-state index is 0.141. The van der Waals surface area contributed by atoms with Gasteiger partial charge in [0.15, 0.2) is 5.82 Å². The maximum atomic E-state index is 12.4. The summed E-state index contributed by atoms with van der Waals surface area (Å²) in [6.07, 6.45) is 0.240. The highest BCUT2D eigenvalue weighted by atomic mass is 16.5. The molecule has 1 N–H and O–H groups in total. The summed E-state index contributed by atoms with van der Waals surface area (Å²) in [5.74, 6) is 1.85. The predicted molar refractivity (Wildman–Crippen MR) is 109 cm³/mol. The number of pyridine rings is 1. The van der Waals surface area contributed by atoms with Gasteiger partial charge >= 0.3 is 0 Å². The van der Waals surface area contributed by atoms with Crippen molar-refractivity contribution < 1.29 is 9.53 Å². The van der Waals surface area contributed by atoms with Gasteiger partial charge in [-0.15, -0.1) is 0 Å². The molecule has 0 aliphatic heterocycles. The van der Waals surface area contributed by atoms with Gasteiger partial charge in [-0.25, -0.2) is 4.98 Å². The molecule has 2 aromatic heterocycles. The Labute approximate surface area is 162 Å². The van der Waals surface area contributed by atoms with Gasteiger partial charge in [-0.2, -0.15) is 9.78 Å². The van der Waals surface area contributed by atoms with E-state index in [0.717, 1.165) is 22.3 Å². The number of hydrogen-bond donors (Lipinski definition) is 1. The Morgan fingerprint density at radius 1 is 1.04 bits per heavy atom. The average molecular weight is 372 g/mol. The van der Waals surface area contributed by atoms with Gasteiger partial charge in [0.2, 0.25) is 5.91 Å². The molecule has 0 bridgehead atoms.